The van der Waals surface area contributed by atoms with Gasteiger partial charge in [-0.15, -0.1) is 0 Å². The first-order chi connectivity index (χ1) is 12.6. The van der Waals surface area contributed by atoms with Gasteiger partial charge in [0, 0.05) is 6.54 Å². The fraction of sp³-hybridized carbons (Fsp3) is 0.316. The van der Waals surface area contributed by atoms with Crippen molar-refractivity contribution < 1.29 is 23.7 Å². The van der Waals surface area contributed by atoms with E-state index in [-0.39, 0.29) is 18.7 Å². The van der Waals surface area contributed by atoms with Gasteiger partial charge in [0.05, 0.1) is 20.3 Å². The van der Waals surface area contributed by atoms with E-state index in [0.717, 1.165) is 11.1 Å². The third kappa shape index (κ3) is 2.61. The van der Waals surface area contributed by atoms with Gasteiger partial charge < -0.3 is 29.6 Å². The van der Waals surface area contributed by atoms with Gasteiger partial charge in [-0.2, -0.15) is 0 Å². The Balaban J connectivity index is 1.58. The second-order valence-corrected chi connectivity index (χ2v) is 6.24. The normalized spacial score (nSPS) is 20.7. The maximum atomic E-state index is 12.4. The first kappa shape index (κ1) is 16.5. The zero-order valence-electron chi connectivity index (χ0n) is 14.6. The minimum atomic E-state index is -0.560. The topological polar surface area (TPSA) is 83.3 Å². The summed E-state index contributed by atoms with van der Waals surface area (Å²) >= 11 is 0. The van der Waals surface area contributed by atoms with Crippen LogP contribution in [-0.2, 0) is 11.3 Å². The fourth-order valence-electron chi connectivity index (χ4n) is 3.41. The molecule has 2 atom stereocenters. The highest BCUT2D eigenvalue weighted by molar-refractivity contribution is 5.89. The maximum Gasteiger partial charge on any atom is 0.242 e. The first-order valence-electron chi connectivity index (χ1n) is 8.29. The lowest BCUT2D eigenvalue weighted by Crippen LogP contribution is -2.62. The molecule has 1 saturated heterocycles. The number of methoxy groups -OCH3 is 2. The Kier molecular flexibility index (Phi) is 4.08. The monoisotopic (exact) mass is 356 g/mol. The molecule has 4 rings (SSSR count). The molecule has 0 saturated carbocycles. The third-order valence-electron chi connectivity index (χ3n) is 4.78. The van der Waals surface area contributed by atoms with Crippen molar-refractivity contribution in [1.82, 2.24) is 4.90 Å². The number of hydrogen-bond acceptors (Lipinski definition) is 6. The summed E-state index contributed by atoms with van der Waals surface area (Å²) in [5, 5.41) is 0. The van der Waals surface area contributed by atoms with Crippen LogP contribution in [0.2, 0.25) is 0 Å². The molecule has 0 spiro atoms. The van der Waals surface area contributed by atoms with E-state index >= 15 is 0 Å². The maximum absolute atomic E-state index is 12.4. The Morgan fingerprint density at radius 2 is 1.85 bits per heavy atom. The highest BCUT2D eigenvalue weighted by Gasteiger charge is 2.46. The zero-order chi connectivity index (χ0) is 18.3. The van der Waals surface area contributed by atoms with Crippen LogP contribution in [0.4, 0.5) is 0 Å². The quantitative estimate of drug-likeness (QED) is 0.823. The second-order valence-electron chi connectivity index (χ2n) is 6.24. The van der Waals surface area contributed by atoms with E-state index in [1.807, 2.05) is 36.4 Å². The van der Waals surface area contributed by atoms with Crippen LogP contribution < -0.4 is 24.7 Å². The van der Waals surface area contributed by atoms with Crippen molar-refractivity contribution >= 4 is 5.91 Å². The minimum Gasteiger partial charge on any atom is -0.493 e. The van der Waals surface area contributed by atoms with E-state index in [1.54, 1.807) is 19.1 Å². The van der Waals surface area contributed by atoms with E-state index in [9.17, 15) is 4.79 Å². The fourth-order valence-corrected chi connectivity index (χ4v) is 3.41. The van der Waals surface area contributed by atoms with Gasteiger partial charge in [0.2, 0.25) is 12.7 Å². The molecule has 2 N–H and O–H groups in total. The van der Waals surface area contributed by atoms with Gasteiger partial charge in [0.25, 0.3) is 0 Å². The standard InChI is InChI=1S/C19H20N2O5/c1-23-13-5-3-11(7-15(13)24-2)9-21-18(17(20)19(21)22)12-4-6-14-16(8-12)26-10-25-14/h3-8,17-18H,9-10,20H2,1-2H3/t17-,18-/m0/s1. The van der Waals surface area contributed by atoms with Crippen molar-refractivity contribution in [1.29, 1.82) is 0 Å². The van der Waals surface area contributed by atoms with E-state index in [4.69, 9.17) is 24.7 Å². The highest BCUT2D eigenvalue weighted by atomic mass is 16.7. The zero-order valence-corrected chi connectivity index (χ0v) is 14.6. The van der Waals surface area contributed by atoms with Crippen LogP contribution in [0.25, 0.3) is 0 Å². The number of fused-ring (bicyclic) bond motifs is 1. The van der Waals surface area contributed by atoms with E-state index in [0.29, 0.717) is 29.5 Å². The van der Waals surface area contributed by atoms with Gasteiger partial charge in [-0.05, 0) is 35.4 Å². The highest BCUT2D eigenvalue weighted by Crippen LogP contribution is 2.41. The first-order valence-corrected chi connectivity index (χ1v) is 8.29. The molecule has 2 aliphatic heterocycles. The third-order valence-corrected chi connectivity index (χ3v) is 4.78. The average Bonchev–Trinajstić information content (AvgIpc) is 3.14. The van der Waals surface area contributed by atoms with Crippen molar-refractivity contribution in [2.75, 3.05) is 21.0 Å². The number of rotatable bonds is 5. The molecule has 7 heteroatoms. The summed E-state index contributed by atoms with van der Waals surface area (Å²) in [6.45, 7) is 0.649. The van der Waals surface area contributed by atoms with Crippen LogP contribution in [0.15, 0.2) is 36.4 Å². The molecule has 136 valence electrons. The Morgan fingerprint density at radius 1 is 1.08 bits per heavy atom. The minimum absolute atomic E-state index is 0.0811. The summed E-state index contributed by atoms with van der Waals surface area (Å²) in [6, 6.07) is 10.5. The second kappa shape index (κ2) is 6.42. The van der Waals surface area contributed by atoms with Crippen molar-refractivity contribution in [3.63, 3.8) is 0 Å². The number of likely N-dealkylation sites (tertiary alicyclic amines) is 1. The van der Waals surface area contributed by atoms with Crippen LogP contribution in [0, 0.1) is 0 Å². The molecule has 0 bridgehead atoms. The van der Waals surface area contributed by atoms with E-state index < -0.39 is 6.04 Å². The number of nitrogens with zero attached hydrogens (tertiary/aromatic N) is 1. The molecule has 2 aromatic rings. The van der Waals surface area contributed by atoms with Crippen LogP contribution >= 0.6 is 0 Å². The van der Waals surface area contributed by atoms with Gasteiger partial charge in [0.15, 0.2) is 23.0 Å². The summed E-state index contributed by atoms with van der Waals surface area (Å²) in [5.74, 6) is 2.58. The molecule has 0 aliphatic carbocycles. The molecule has 0 unspecified atom stereocenters. The number of carbonyl (C=O) groups is 1. The van der Waals surface area contributed by atoms with E-state index in [2.05, 4.69) is 0 Å². The molecule has 2 heterocycles. The number of ether oxygens (including phenoxy) is 4. The van der Waals surface area contributed by atoms with Gasteiger partial charge >= 0.3 is 0 Å². The summed E-state index contributed by atoms with van der Waals surface area (Å²) in [4.78, 5) is 14.1. The molecule has 26 heavy (non-hydrogen) atoms. The Morgan fingerprint density at radius 3 is 2.62 bits per heavy atom. The molecule has 7 nitrogen and oxygen atoms in total. The number of amides is 1. The molecular formula is C19H20N2O5. The molecule has 1 amide bonds. The lowest BCUT2D eigenvalue weighted by Gasteiger charge is -2.45. The molecule has 2 aromatic carbocycles. The van der Waals surface area contributed by atoms with Gasteiger partial charge in [-0.3, -0.25) is 4.79 Å². The van der Waals surface area contributed by atoms with Crippen molar-refractivity contribution in [2.45, 2.75) is 18.6 Å². The largest absolute Gasteiger partial charge is 0.493 e. The van der Waals surface area contributed by atoms with Crippen molar-refractivity contribution in [3.8, 4) is 23.0 Å². The Hall–Kier alpha value is -2.93. The molecule has 0 aromatic heterocycles. The van der Waals surface area contributed by atoms with E-state index in [1.165, 1.54) is 0 Å². The number of nitrogens with two attached hydrogens (primary N) is 1. The van der Waals surface area contributed by atoms with Gasteiger partial charge in [-0.1, -0.05) is 12.1 Å². The number of benzene rings is 2. The van der Waals surface area contributed by atoms with Gasteiger partial charge in [0.1, 0.15) is 6.04 Å². The van der Waals surface area contributed by atoms with Crippen LogP contribution in [0.3, 0.4) is 0 Å². The smallest absolute Gasteiger partial charge is 0.242 e. The number of β-lactam (4-membered cyclic amide) rings is 1. The lowest BCUT2D eigenvalue weighted by atomic mass is 9.88. The van der Waals surface area contributed by atoms with Crippen LogP contribution in [0.1, 0.15) is 17.2 Å². The Bertz CT molecular complexity index is 854. The summed E-state index contributed by atoms with van der Waals surface area (Å²) in [5.41, 5.74) is 7.95. The average molecular weight is 356 g/mol. The predicted octanol–water partition coefficient (Wildman–Crippen LogP) is 1.84. The molecular weight excluding hydrogens is 336 g/mol. The number of hydrogen-bond donors (Lipinski definition) is 1. The summed E-state index contributed by atoms with van der Waals surface area (Å²) < 4.78 is 21.4. The summed E-state index contributed by atoms with van der Waals surface area (Å²) in [7, 11) is 3.17. The van der Waals surface area contributed by atoms with Crippen LogP contribution in [-0.4, -0.2) is 37.9 Å². The molecule has 1 fully saturated rings. The lowest BCUT2D eigenvalue weighted by molar-refractivity contribution is -0.150. The summed E-state index contributed by atoms with van der Waals surface area (Å²) in [6.07, 6.45) is 0. The number of carbonyl (C=O) groups excluding carboxylic acids is 1. The van der Waals surface area contributed by atoms with Crippen LogP contribution in [0.5, 0.6) is 23.0 Å². The van der Waals surface area contributed by atoms with Gasteiger partial charge in [-0.25, -0.2) is 0 Å². The molecule has 2 aliphatic rings. The Labute approximate surface area is 151 Å². The predicted molar refractivity (Wildman–Crippen MR) is 93.4 cm³/mol. The van der Waals surface area contributed by atoms with Crippen molar-refractivity contribution in [2.24, 2.45) is 5.73 Å². The SMILES string of the molecule is COc1ccc(CN2C(=O)[C@@H](N)[C@@H]2c2ccc3c(c2)OCO3)cc1OC. The molecule has 0 radical (unpaired) electrons. The van der Waals surface area contributed by atoms with Crippen molar-refractivity contribution in [3.05, 3.63) is 47.5 Å².